The van der Waals surface area contributed by atoms with Crippen LogP contribution < -0.4 is 14.4 Å². The van der Waals surface area contributed by atoms with Crippen molar-refractivity contribution in [2.75, 3.05) is 18.6 Å². The normalized spacial score (nSPS) is 17.8. The Bertz CT molecular complexity index is 901. The van der Waals surface area contributed by atoms with Gasteiger partial charge in [0.05, 0.1) is 7.11 Å². The molecule has 3 rings (SSSR count). The van der Waals surface area contributed by atoms with Crippen LogP contribution >= 0.6 is 0 Å². The zero-order chi connectivity index (χ0) is 21.3. The molecule has 2 aromatic rings. The molecule has 4 heteroatoms. The molecule has 0 spiro atoms. The summed E-state index contributed by atoms with van der Waals surface area (Å²) in [4.78, 5) is 15.3. The molecule has 1 heterocycles. The third-order valence-corrected chi connectivity index (χ3v) is 5.81. The van der Waals surface area contributed by atoms with Gasteiger partial charge in [0.1, 0.15) is 11.5 Å². The highest BCUT2D eigenvalue weighted by Crippen LogP contribution is 2.44. The molecule has 2 aromatic carbocycles. The molecule has 1 aliphatic heterocycles. The van der Waals surface area contributed by atoms with E-state index < -0.39 is 0 Å². The summed E-state index contributed by atoms with van der Waals surface area (Å²) >= 11 is 0. The van der Waals surface area contributed by atoms with E-state index in [0.717, 1.165) is 40.3 Å². The number of anilines is 1. The zero-order valence-electron chi connectivity index (χ0n) is 18.7. The lowest BCUT2D eigenvalue weighted by atomic mass is 9.80. The number of carbonyl (C=O) groups excluding carboxylic acids is 1. The number of hydrogen-bond acceptors (Lipinski definition) is 3. The summed E-state index contributed by atoms with van der Waals surface area (Å²) in [6, 6.07) is 12.2. The molecule has 4 nitrogen and oxygen atoms in total. The molecular formula is C25H33NO3. The van der Waals surface area contributed by atoms with Crippen molar-refractivity contribution in [2.24, 2.45) is 0 Å². The van der Waals surface area contributed by atoms with Crippen LogP contribution in [0.1, 0.15) is 69.6 Å². The zero-order valence-corrected chi connectivity index (χ0v) is 18.7. The monoisotopic (exact) mass is 395 g/mol. The van der Waals surface area contributed by atoms with E-state index in [0.29, 0.717) is 11.8 Å². The average molecular weight is 396 g/mol. The fourth-order valence-electron chi connectivity index (χ4n) is 4.45. The molecule has 0 fully saturated rings. The number of fused-ring (bicyclic) bond motifs is 1. The molecule has 0 bridgehead atoms. The Kier molecular flexibility index (Phi) is 5.92. The largest absolute Gasteiger partial charge is 0.497 e. The Balaban J connectivity index is 1.89. The number of benzene rings is 2. The van der Waals surface area contributed by atoms with E-state index >= 15 is 0 Å². The predicted molar refractivity (Wildman–Crippen MR) is 118 cm³/mol. The van der Waals surface area contributed by atoms with E-state index in [9.17, 15) is 4.79 Å². The average Bonchev–Trinajstić information content (AvgIpc) is 2.65. The lowest BCUT2D eigenvalue weighted by Gasteiger charge is -2.46. The fraction of sp³-hybridized carbons (Fsp3) is 0.480. The van der Waals surface area contributed by atoms with Crippen molar-refractivity contribution in [1.29, 1.82) is 0 Å². The molecule has 0 aromatic heterocycles. The summed E-state index contributed by atoms with van der Waals surface area (Å²) in [7, 11) is 1.67. The fourth-order valence-corrected chi connectivity index (χ4v) is 4.45. The van der Waals surface area contributed by atoms with Crippen molar-refractivity contribution in [3.05, 3.63) is 53.1 Å². The summed E-state index contributed by atoms with van der Waals surface area (Å²) in [5.41, 5.74) is 4.07. The van der Waals surface area contributed by atoms with E-state index in [4.69, 9.17) is 9.47 Å². The first kappa shape index (κ1) is 21.2. The van der Waals surface area contributed by atoms with Crippen LogP contribution in [0.25, 0.3) is 0 Å². The van der Waals surface area contributed by atoms with E-state index in [2.05, 4.69) is 46.8 Å². The maximum Gasteiger partial charge on any atom is 0.265 e. The van der Waals surface area contributed by atoms with Gasteiger partial charge in [0.25, 0.3) is 5.91 Å². The van der Waals surface area contributed by atoms with Gasteiger partial charge in [0, 0.05) is 11.2 Å². The summed E-state index contributed by atoms with van der Waals surface area (Å²) in [6.07, 6.45) is 0.889. The Hall–Kier alpha value is -2.49. The molecular weight excluding hydrogens is 362 g/mol. The number of methoxy groups -OCH3 is 1. The van der Waals surface area contributed by atoms with Gasteiger partial charge in [-0.2, -0.15) is 0 Å². The third-order valence-electron chi connectivity index (χ3n) is 5.81. The topological polar surface area (TPSA) is 38.8 Å². The smallest absolute Gasteiger partial charge is 0.265 e. The van der Waals surface area contributed by atoms with Gasteiger partial charge in [-0.15, -0.1) is 0 Å². The lowest BCUT2D eigenvalue weighted by Crippen LogP contribution is -2.53. The minimum absolute atomic E-state index is 0.0203. The van der Waals surface area contributed by atoms with Crippen molar-refractivity contribution >= 4 is 11.6 Å². The molecule has 0 radical (unpaired) electrons. The predicted octanol–water partition coefficient (Wildman–Crippen LogP) is 5.82. The maximum atomic E-state index is 13.3. The first-order valence-electron chi connectivity index (χ1n) is 10.4. The van der Waals surface area contributed by atoms with Crippen LogP contribution in [-0.2, 0) is 4.79 Å². The lowest BCUT2D eigenvalue weighted by molar-refractivity contribution is -0.121. The van der Waals surface area contributed by atoms with Gasteiger partial charge in [-0.25, -0.2) is 0 Å². The van der Waals surface area contributed by atoms with Crippen LogP contribution in [0.3, 0.4) is 0 Å². The minimum Gasteiger partial charge on any atom is -0.497 e. The first-order valence-corrected chi connectivity index (χ1v) is 10.4. The number of nitrogens with zero attached hydrogens (tertiary/aromatic N) is 1. The molecule has 29 heavy (non-hydrogen) atoms. The number of aryl methyl sites for hydroxylation is 1. The second kappa shape index (κ2) is 8.10. The van der Waals surface area contributed by atoms with Gasteiger partial charge >= 0.3 is 0 Å². The van der Waals surface area contributed by atoms with Gasteiger partial charge in [0.15, 0.2) is 6.61 Å². The second-order valence-electron chi connectivity index (χ2n) is 9.06. The maximum absolute atomic E-state index is 13.3. The van der Waals surface area contributed by atoms with Crippen molar-refractivity contribution in [1.82, 2.24) is 0 Å². The van der Waals surface area contributed by atoms with Crippen molar-refractivity contribution in [3.8, 4) is 11.5 Å². The number of amides is 1. The molecule has 0 unspecified atom stereocenters. The molecule has 1 atom stereocenters. The van der Waals surface area contributed by atoms with E-state index in [1.54, 1.807) is 7.11 Å². The van der Waals surface area contributed by atoms with Gasteiger partial charge < -0.3 is 14.4 Å². The molecule has 156 valence electrons. The van der Waals surface area contributed by atoms with Crippen LogP contribution in [-0.4, -0.2) is 25.2 Å². The Morgan fingerprint density at radius 3 is 2.59 bits per heavy atom. The standard InChI is InChI=1S/C25H33NO3/c1-16(2)20-10-8-17(3)12-23(20)29-15-24(27)26-22-11-9-19(28-7)13-21(22)18(4)14-25(26,5)6/h8-13,16,18H,14-15H2,1-7H3/t18-/m1/s1. The van der Waals surface area contributed by atoms with Crippen molar-refractivity contribution in [2.45, 2.75) is 65.3 Å². The van der Waals surface area contributed by atoms with Gasteiger partial charge in [0.2, 0.25) is 0 Å². The van der Waals surface area contributed by atoms with E-state index in [1.807, 2.05) is 36.1 Å². The third kappa shape index (κ3) is 4.26. The quantitative estimate of drug-likeness (QED) is 0.640. The summed E-state index contributed by atoms with van der Waals surface area (Å²) in [5, 5.41) is 0. The molecule has 0 aliphatic carbocycles. The summed E-state index contributed by atoms with van der Waals surface area (Å²) in [5.74, 6) is 2.28. The van der Waals surface area contributed by atoms with Gasteiger partial charge in [-0.1, -0.05) is 32.9 Å². The number of rotatable bonds is 5. The molecule has 1 amide bonds. The first-order chi connectivity index (χ1) is 13.6. The van der Waals surface area contributed by atoms with Crippen LogP contribution in [0.4, 0.5) is 5.69 Å². The van der Waals surface area contributed by atoms with Crippen LogP contribution in [0, 0.1) is 6.92 Å². The van der Waals surface area contributed by atoms with Crippen LogP contribution in [0.15, 0.2) is 36.4 Å². The molecule has 0 N–H and O–H groups in total. The van der Waals surface area contributed by atoms with Crippen molar-refractivity contribution < 1.29 is 14.3 Å². The SMILES string of the molecule is COc1ccc2c(c1)[C@H](C)CC(C)(C)N2C(=O)COc1cc(C)ccc1C(C)C. The van der Waals surface area contributed by atoms with Crippen LogP contribution in [0.5, 0.6) is 11.5 Å². The Labute approximate surface area is 174 Å². The highest BCUT2D eigenvalue weighted by atomic mass is 16.5. The molecule has 0 saturated heterocycles. The number of hydrogen-bond donors (Lipinski definition) is 0. The van der Waals surface area contributed by atoms with Crippen molar-refractivity contribution in [3.63, 3.8) is 0 Å². The van der Waals surface area contributed by atoms with E-state index in [-0.39, 0.29) is 18.1 Å². The van der Waals surface area contributed by atoms with Gasteiger partial charge in [-0.3, -0.25) is 4.79 Å². The molecule has 1 aliphatic rings. The van der Waals surface area contributed by atoms with E-state index in [1.165, 1.54) is 0 Å². The van der Waals surface area contributed by atoms with Gasteiger partial charge in [-0.05, 0) is 80.0 Å². The highest BCUT2D eigenvalue weighted by molar-refractivity contribution is 5.97. The van der Waals surface area contributed by atoms with Crippen LogP contribution in [0.2, 0.25) is 0 Å². The molecule has 0 saturated carbocycles. The highest BCUT2D eigenvalue weighted by Gasteiger charge is 2.40. The summed E-state index contributed by atoms with van der Waals surface area (Å²) < 4.78 is 11.5. The summed E-state index contributed by atoms with van der Waals surface area (Å²) in [6.45, 7) is 12.8. The minimum atomic E-state index is -0.283. The Morgan fingerprint density at radius 1 is 1.21 bits per heavy atom. The number of ether oxygens (including phenoxy) is 2. The number of carbonyl (C=O) groups is 1. The Morgan fingerprint density at radius 2 is 1.93 bits per heavy atom. The second-order valence-corrected chi connectivity index (χ2v) is 9.06.